The van der Waals surface area contributed by atoms with Gasteiger partial charge < -0.3 is 62.3 Å². The van der Waals surface area contributed by atoms with Gasteiger partial charge in [0.2, 0.25) is 0 Å². The summed E-state index contributed by atoms with van der Waals surface area (Å²) in [7, 11) is 0. The van der Waals surface area contributed by atoms with Crippen molar-refractivity contribution in [3.05, 3.63) is 215 Å². The monoisotopic (exact) mass is 1200 g/mol. The lowest BCUT2D eigenvalue weighted by Gasteiger charge is -2.55. The van der Waals surface area contributed by atoms with Crippen LogP contribution in [-0.2, 0) is 62.9 Å². The first kappa shape index (κ1) is 70.9. The van der Waals surface area contributed by atoms with E-state index in [1.54, 1.807) is 0 Å². The Kier molecular flexibility index (Phi) is 30.7. The first-order valence-corrected chi connectivity index (χ1v) is 31.5. The van der Waals surface area contributed by atoms with Gasteiger partial charge in [0.1, 0.15) is 0 Å². The number of ether oxygens (including phenoxy) is 11. The molecule has 6 aromatic rings. The number of benzene rings is 6. The molecule has 0 aromatic heterocycles. The van der Waals surface area contributed by atoms with Gasteiger partial charge in [-0.2, -0.15) is 0 Å². The summed E-state index contributed by atoms with van der Waals surface area (Å²) in [5, 5.41) is 22.8. The Morgan fingerprint density at radius 2 is 0.391 bits per heavy atom. The maximum absolute atomic E-state index is 13.7. The highest BCUT2D eigenvalue weighted by atomic mass is 16.6. The zero-order chi connectivity index (χ0) is 62.4. The molecule has 0 amide bonds. The average molecular weight is 1200 g/mol. The predicted octanol–water partition coefficient (Wildman–Crippen LogP) is 12.5. The van der Waals surface area contributed by atoms with Gasteiger partial charge in [-0.05, 0) is 110 Å². The van der Waals surface area contributed by atoms with E-state index in [9.17, 15) is 5.11 Å². The summed E-state index contributed by atoms with van der Waals surface area (Å²) < 4.78 is 66.9. The highest BCUT2D eigenvalue weighted by molar-refractivity contribution is 5.60. The lowest BCUT2D eigenvalue weighted by molar-refractivity contribution is -0.114. The Hall–Kier alpha value is -5.20. The van der Waals surface area contributed by atoms with E-state index in [2.05, 4.69) is 182 Å². The summed E-state index contributed by atoms with van der Waals surface area (Å²) in [4.78, 5) is 0. The third-order valence-corrected chi connectivity index (χ3v) is 15.7. The smallest absolute Gasteiger partial charge is 0.0832 e. The zero-order valence-corrected chi connectivity index (χ0v) is 53.7. The summed E-state index contributed by atoms with van der Waals surface area (Å²) in [6.45, 7) is 25.7. The third kappa shape index (κ3) is 21.8. The van der Waals surface area contributed by atoms with Crippen LogP contribution in [-0.4, -0.2) is 163 Å². The summed E-state index contributed by atoms with van der Waals surface area (Å²) in [5.74, 6) is -0.615. The number of hydrogen-bond acceptors (Lipinski definition) is 13. The lowest BCUT2D eigenvalue weighted by atomic mass is 9.47. The lowest BCUT2D eigenvalue weighted by Crippen LogP contribution is -2.57. The molecule has 0 bridgehead atoms. The SMILES string of the molecule is CC(CO)OCC(C)OCC(C)OCC(C)OCC(C)OCC(C)OCC(C)OCC(C)OCC(C)OCC(C)OCC(C)OCC(O)C(C(c1ccccc1)(c1ccccc1)c1ccccc1)C(c1ccccc1)(c1ccccc1)c1ccccc1. The molecule has 476 valence electrons. The van der Waals surface area contributed by atoms with Crippen molar-refractivity contribution in [1.82, 2.24) is 0 Å². The fraction of sp³-hybridized carbons (Fsp3) is 0.514. The highest BCUT2D eigenvalue weighted by Crippen LogP contribution is 2.59. The van der Waals surface area contributed by atoms with Gasteiger partial charge >= 0.3 is 0 Å². The highest BCUT2D eigenvalue weighted by Gasteiger charge is 2.59. The van der Waals surface area contributed by atoms with Crippen LogP contribution < -0.4 is 0 Å². The van der Waals surface area contributed by atoms with Crippen LogP contribution in [0.1, 0.15) is 110 Å². The van der Waals surface area contributed by atoms with Gasteiger partial charge in [-0.1, -0.05) is 182 Å². The van der Waals surface area contributed by atoms with Crippen molar-refractivity contribution in [3.63, 3.8) is 0 Å². The van der Waals surface area contributed by atoms with Crippen molar-refractivity contribution in [1.29, 1.82) is 0 Å². The van der Waals surface area contributed by atoms with Crippen LogP contribution in [0.4, 0.5) is 0 Å². The molecule has 0 spiro atoms. The van der Waals surface area contributed by atoms with Crippen LogP contribution in [0, 0.1) is 5.92 Å². The van der Waals surface area contributed by atoms with E-state index in [0.717, 1.165) is 33.4 Å². The molecule has 12 atom stereocenters. The van der Waals surface area contributed by atoms with Crippen LogP contribution in [0.25, 0.3) is 0 Å². The molecule has 0 heterocycles. The predicted molar refractivity (Wildman–Crippen MR) is 345 cm³/mol. The fourth-order valence-electron chi connectivity index (χ4n) is 11.1. The van der Waals surface area contributed by atoms with Crippen LogP contribution in [0.5, 0.6) is 0 Å². The Balaban J connectivity index is 0.977. The van der Waals surface area contributed by atoms with Gasteiger partial charge in [-0.3, -0.25) is 0 Å². The number of aliphatic hydroxyl groups is 2. The second-order valence-corrected chi connectivity index (χ2v) is 23.6. The maximum atomic E-state index is 13.7. The van der Waals surface area contributed by atoms with Gasteiger partial charge in [0.25, 0.3) is 0 Å². The Labute approximate surface area is 520 Å². The Morgan fingerprint density at radius 3 is 0.552 bits per heavy atom. The minimum Gasteiger partial charge on any atom is -0.394 e. The second kappa shape index (κ2) is 37.7. The van der Waals surface area contributed by atoms with Crippen LogP contribution in [0.15, 0.2) is 182 Å². The second-order valence-electron chi connectivity index (χ2n) is 23.6. The van der Waals surface area contributed by atoms with E-state index in [0.29, 0.717) is 66.1 Å². The number of aliphatic hydroxyl groups excluding tert-OH is 2. The van der Waals surface area contributed by atoms with Gasteiger partial charge in [0.05, 0.1) is 163 Å². The van der Waals surface area contributed by atoms with Crippen LogP contribution in [0.3, 0.4) is 0 Å². The van der Waals surface area contributed by atoms with Crippen molar-refractivity contribution < 1.29 is 62.3 Å². The molecular formula is C74H102O13. The molecule has 6 aromatic carbocycles. The van der Waals surface area contributed by atoms with Crippen molar-refractivity contribution in [2.45, 2.75) is 160 Å². The summed E-state index contributed by atoms with van der Waals surface area (Å²) in [5.41, 5.74) is 4.41. The average Bonchev–Trinajstić information content (AvgIpc) is 0.716. The van der Waals surface area contributed by atoms with E-state index in [1.165, 1.54) is 0 Å². The normalized spacial score (nSPS) is 16.5. The summed E-state index contributed by atoms with van der Waals surface area (Å²) in [6.07, 6.45) is -2.88. The molecule has 12 unspecified atom stereocenters. The topological polar surface area (TPSA) is 142 Å². The standard InChI is InChI=1S/C74H102O13/c1-54(42-75)77-43-55(2)78-44-56(3)79-45-57(4)80-46-58(5)81-47-59(6)82-48-60(7)83-49-61(8)84-50-62(9)85-51-63(10)86-52-64(11)87-53-71(76)72(73(65-30-18-12-19-31-65,66-32-20-13-21-33-66)67-34-22-14-23-35-67)74(68-36-24-15-25-37-68,69-38-26-16-27-39-69)70-40-28-17-29-41-70/h12-41,54-64,71-72,75-76H,42-53H2,1-11H3. The van der Waals surface area contributed by atoms with Crippen molar-refractivity contribution >= 4 is 0 Å². The van der Waals surface area contributed by atoms with Gasteiger partial charge in [-0.25, -0.2) is 0 Å². The molecule has 0 radical (unpaired) electrons. The van der Waals surface area contributed by atoms with E-state index in [1.807, 2.05) is 76.2 Å². The number of rotatable bonds is 43. The third-order valence-electron chi connectivity index (χ3n) is 15.7. The van der Waals surface area contributed by atoms with Gasteiger partial charge in [-0.15, -0.1) is 0 Å². The molecular weight excluding hydrogens is 1100 g/mol. The van der Waals surface area contributed by atoms with E-state index in [-0.39, 0.29) is 80.4 Å². The molecule has 0 fully saturated rings. The zero-order valence-electron chi connectivity index (χ0n) is 53.7. The van der Waals surface area contributed by atoms with Crippen LogP contribution in [0.2, 0.25) is 0 Å². The Bertz CT molecular complexity index is 2370. The molecule has 13 nitrogen and oxygen atoms in total. The van der Waals surface area contributed by atoms with Crippen molar-refractivity contribution in [2.75, 3.05) is 79.3 Å². The first-order chi connectivity index (χ1) is 42.1. The molecule has 87 heavy (non-hydrogen) atoms. The number of hydrogen-bond donors (Lipinski definition) is 2. The van der Waals surface area contributed by atoms with Gasteiger partial charge in [0, 0.05) is 5.92 Å². The van der Waals surface area contributed by atoms with Crippen molar-refractivity contribution in [3.8, 4) is 0 Å². The van der Waals surface area contributed by atoms with E-state index in [4.69, 9.17) is 57.2 Å². The Morgan fingerprint density at radius 1 is 0.241 bits per heavy atom. The molecule has 0 saturated heterocycles. The molecule has 0 saturated carbocycles. The molecule has 0 aliphatic carbocycles. The van der Waals surface area contributed by atoms with Gasteiger partial charge in [0.15, 0.2) is 0 Å². The molecule has 2 N–H and O–H groups in total. The molecule has 0 aliphatic rings. The first-order valence-electron chi connectivity index (χ1n) is 31.5. The molecule has 13 heteroatoms. The van der Waals surface area contributed by atoms with Crippen LogP contribution >= 0.6 is 0 Å². The fourth-order valence-corrected chi connectivity index (χ4v) is 11.1. The van der Waals surface area contributed by atoms with E-state index >= 15 is 0 Å². The molecule has 6 rings (SSSR count). The minimum atomic E-state index is -1.05. The maximum Gasteiger partial charge on any atom is 0.0832 e. The summed E-state index contributed by atoms with van der Waals surface area (Å²) >= 11 is 0. The van der Waals surface area contributed by atoms with Crippen molar-refractivity contribution in [2.24, 2.45) is 5.92 Å². The molecule has 0 aliphatic heterocycles. The minimum absolute atomic E-state index is 0.0157. The van der Waals surface area contributed by atoms with E-state index < -0.39 is 22.9 Å². The summed E-state index contributed by atoms with van der Waals surface area (Å²) in [6, 6.07) is 64.0. The largest absolute Gasteiger partial charge is 0.394 e. The quantitative estimate of drug-likeness (QED) is 0.0351.